The molecule has 1 heterocycles. The van der Waals surface area contributed by atoms with Gasteiger partial charge in [-0.3, -0.25) is 0 Å². The number of benzene rings is 1. The average molecular weight is 229 g/mol. The minimum Gasteiger partial charge on any atom is -0.372 e. The van der Waals surface area contributed by atoms with Gasteiger partial charge < -0.3 is 9.72 Å². The summed E-state index contributed by atoms with van der Waals surface area (Å²) in [5.74, 6) is 0. The Hall–Kier alpha value is -1.28. The molecule has 0 radical (unpaired) electrons. The van der Waals surface area contributed by atoms with E-state index in [0.29, 0.717) is 0 Å². The average Bonchev–Trinajstić information content (AvgIpc) is 2.75. The van der Waals surface area contributed by atoms with E-state index in [1.807, 2.05) is 0 Å². The topological polar surface area (TPSA) is 25.0 Å². The summed E-state index contributed by atoms with van der Waals surface area (Å²) >= 11 is 0. The van der Waals surface area contributed by atoms with E-state index in [4.69, 9.17) is 4.74 Å². The molecule has 1 N–H and O–H groups in total. The van der Waals surface area contributed by atoms with Gasteiger partial charge in [-0.15, -0.1) is 0 Å². The van der Waals surface area contributed by atoms with Crippen molar-refractivity contribution in [1.82, 2.24) is 4.98 Å². The predicted molar refractivity (Wildman–Crippen MR) is 70.2 cm³/mol. The number of aromatic nitrogens is 1. The summed E-state index contributed by atoms with van der Waals surface area (Å²) in [7, 11) is 0. The molecular weight excluding hydrogens is 210 g/mol. The Morgan fingerprint density at radius 1 is 1.35 bits per heavy atom. The SMILES string of the molecule is CCCOC1CCCc2c1[nH]c1ccccc21. The van der Waals surface area contributed by atoms with Crippen molar-refractivity contribution in [1.29, 1.82) is 0 Å². The van der Waals surface area contributed by atoms with E-state index in [1.54, 1.807) is 0 Å². The fourth-order valence-corrected chi connectivity index (χ4v) is 2.80. The highest BCUT2D eigenvalue weighted by molar-refractivity contribution is 5.85. The van der Waals surface area contributed by atoms with Crippen LogP contribution in [-0.4, -0.2) is 11.6 Å². The highest BCUT2D eigenvalue weighted by Crippen LogP contribution is 2.36. The van der Waals surface area contributed by atoms with E-state index >= 15 is 0 Å². The molecule has 0 saturated heterocycles. The van der Waals surface area contributed by atoms with Crippen molar-refractivity contribution in [3.8, 4) is 0 Å². The van der Waals surface area contributed by atoms with Crippen LogP contribution in [0.4, 0.5) is 0 Å². The lowest BCUT2D eigenvalue weighted by atomic mass is 9.93. The number of para-hydroxylation sites is 1. The Bertz CT molecular complexity index is 515. The smallest absolute Gasteiger partial charge is 0.0975 e. The van der Waals surface area contributed by atoms with Crippen molar-refractivity contribution < 1.29 is 4.74 Å². The Labute approximate surface area is 102 Å². The van der Waals surface area contributed by atoms with E-state index in [0.717, 1.165) is 19.4 Å². The third-order valence-corrected chi connectivity index (χ3v) is 3.58. The molecule has 0 amide bonds. The van der Waals surface area contributed by atoms with Gasteiger partial charge in [0.05, 0.1) is 6.10 Å². The molecule has 1 unspecified atom stereocenters. The van der Waals surface area contributed by atoms with Crippen LogP contribution in [0.2, 0.25) is 0 Å². The number of hydrogen-bond acceptors (Lipinski definition) is 1. The summed E-state index contributed by atoms with van der Waals surface area (Å²) in [6.07, 6.45) is 4.95. The van der Waals surface area contributed by atoms with Gasteiger partial charge in [-0.2, -0.15) is 0 Å². The molecule has 3 rings (SSSR count). The molecule has 1 aromatic carbocycles. The second-order valence-corrected chi connectivity index (χ2v) is 4.81. The summed E-state index contributed by atoms with van der Waals surface area (Å²) in [5.41, 5.74) is 4.06. The Balaban J connectivity index is 2.02. The van der Waals surface area contributed by atoms with Gasteiger partial charge in [0.1, 0.15) is 0 Å². The van der Waals surface area contributed by atoms with Crippen molar-refractivity contribution in [3.05, 3.63) is 35.5 Å². The summed E-state index contributed by atoms with van der Waals surface area (Å²) < 4.78 is 5.96. The maximum Gasteiger partial charge on any atom is 0.0975 e. The Kier molecular flexibility index (Phi) is 2.89. The molecule has 0 fully saturated rings. The van der Waals surface area contributed by atoms with Gasteiger partial charge in [0.2, 0.25) is 0 Å². The number of fused-ring (bicyclic) bond motifs is 3. The molecular formula is C15H19NO. The zero-order valence-corrected chi connectivity index (χ0v) is 10.3. The molecule has 2 heteroatoms. The van der Waals surface area contributed by atoms with Crippen LogP contribution in [0, 0.1) is 0 Å². The second-order valence-electron chi connectivity index (χ2n) is 4.81. The third kappa shape index (κ3) is 1.87. The number of ether oxygens (including phenoxy) is 1. The predicted octanol–water partition coefficient (Wildman–Crippen LogP) is 3.97. The molecule has 0 saturated carbocycles. The second kappa shape index (κ2) is 4.53. The van der Waals surface area contributed by atoms with Crippen LogP contribution in [-0.2, 0) is 11.2 Å². The number of H-pyrrole nitrogens is 1. The van der Waals surface area contributed by atoms with E-state index in [-0.39, 0.29) is 6.10 Å². The van der Waals surface area contributed by atoms with Crippen LogP contribution in [0.5, 0.6) is 0 Å². The molecule has 0 spiro atoms. The largest absolute Gasteiger partial charge is 0.372 e. The number of hydrogen-bond donors (Lipinski definition) is 1. The number of aryl methyl sites for hydroxylation is 1. The van der Waals surface area contributed by atoms with Crippen LogP contribution in [0.15, 0.2) is 24.3 Å². The lowest BCUT2D eigenvalue weighted by Gasteiger charge is -2.22. The van der Waals surface area contributed by atoms with Crippen molar-refractivity contribution in [2.75, 3.05) is 6.61 Å². The molecule has 1 aliphatic rings. The van der Waals surface area contributed by atoms with Gasteiger partial charge in [0, 0.05) is 23.2 Å². The van der Waals surface area contributed by atoms with Gasteiger partial charge in [0.25, 0.3) is 0 Å². The maximum absolute atomic E-state index is 5.96. The molecule has 1 aliphatic carbocycles. The molecule has 2 aromatic rings. The minimum absolute atomic E-state index is 0.283. The van der Waals surface area contributed by atoms with Crippen molar-refractivity contribution in [3.63, 3.8) is 0 Å². The highest BCUT2D eigenvalue weighted by Gasteiger charge is 2.24. The van der Waals surface area contributed by atoms with Crippen molar-refractivity contribution in [2.45, 2.75) is 38.7 Å². The number of aromatic amines is 1. The summed E-state index contributed by atoms with van der Waals surface area (Å²) in [4.78, 5) is 3.55. The highest BCUT2D eigenvalue weighted by atomic mass is 16.5. The van der Waals surface area contributed by atoms with Crippen LogP contribution in [0.25, 0.3) is 10.9 Å². The maximum atomic E-state index is 5.96. The van der Waals surface area contributed by atoms with E-state index in [1.165, 1.54) is 35.0 Å². The Morgan fingerprint density at radius 3 is 3.12 bits per heavy atom. The van der Waals surface area contributed by atoms with Gasteiger partial charge >= 0.3 is 0 Å². The van der Waals surface area contributed by atoms with Crippen LogP contribution in [0.3, 0.4) is 0 Å². The van der Waals surface area contributed by atoms with Crippen LogP contribution >= 0.6 is 0 Å². The first-order chi connectivity index (χ1) is 8.40. The minimum atomic E-state index is 0.283. The third-order valence-electron chi connectivity index (χ3n) is 3.58. The fraction of sp³-hybridized carbons (Fsp3) is 0.467. The number of rotatable bonds is 3. The molecule has 1 aromatic heterocycles. The quantitative estimate of drug-likeness (QED) is 0.846. The normalized spacial score (nSPS) is 19.5. The zero-order valence-electron chi connectivity index (χ0n) is 10.3. The summed E-state index contributed by atoms with van der Waals surface area (Å²) in [5, 5.41) is 1.38. The lowest BCUT2D eigenvalue weighted by molar-refractivity contribution is 0.0388. The fourth-order valence-electron chi connectivity index (χ4n) is 2.80. The summed E-state index contributed by atoms with van der Waals surface area (Å²) in [6.45, 7) is 3.02. The van der Waals surface area contributed by atoms with Crippen LogP contribution in [0.1, 0.15) is 43.5 Å². The van der Waals surface area contributed by atoms with Gasteiger partial charge in [0.15, 0.2) is 0 Å². The van der Waals surface area contributed by atoms with Gasteiger partial charge in [-0.1, -0.05) is 25.1 Å². The lowest BCUT2D eigenvalue weighted by Crippen LogP contribution is -2.12. The standard InChI is InChI=1S/C15H19NO/c1-2-10-17-14-9-5-7-12-11-6-3-4-8-13(11)16-15(12)14/h3-4,6,8,14,16H,2,5,7,9-10H2,1H3. The van der Waals surface area contributed by atoms with Gasteiger partial charge in [-0.05, 0) is 37.3 Å². The first-order valence-electron chi connectivity index (χ1n) is 6.61. The van der Waals surface area contributed by atoms with Crippen molar-refractivity contribution in [2.24, 2.45) is 0 Å². The van der Waals surface area contributed by atoms with E-state index < -0.39 is 0 Å². The molecule has 1 atom stereocenters. The van der Waals surface area contributed by atoms with Crippen LogP contribution < -0.4 is 0 Å². The van der Waals surface area contributed by atoms with Gasteiger partial charge in [-0.25, -0.2) is 0 Å². The first kappa shape index (κ1) is 10.8. The molecule has 0 aliphatic heterocycles. The molecule has 2 nitrogen and oxygen atoms in total. The molecule has 90 valence electrons. The summed E-state index contributed by atoms with van der Waals surface area (Å²) in [6, 6.07) is 8.58. The molecule has 0 bridgehead atoms. The van der Waals surface area contributed by atoms with E-state index in [9.17, 15) is 0 Å². The monoisotopic (exact) mass is 229 g/mol. The number of nitrogens with one attached hydrogen (secondary N) is 1. The van der Waals surface area contributed by atoms with Crippen molar-refractivity contribution >= 4 is 10.9 Å². The first-order valence-corrected chi connectivity index (χ1v) is 6.61. The van der Waals surface area contributed by atoms with E-state index in [2.05, 4.69) is 36.2 Å². The molecule has 17 heavy (non-hydrogen) atoms. The Morgan fingerprint density at radius 2 is 2.24 bits per heavy atom. The zero-order chi connectivity index (χ0) is 11.7.